The molecule has 0 fully saturated rings. The summed E-state index contributed by atoms with van der Waals surface area (Å²) in [4.78, 5) is 0. The van der Waals surface area contributed by atoms with E-state index in [-0.39, 0.29) is 0 Å². The molecule has 1 heterocycles. The average Bonchev–Trinajstić information content (AvgIpc) is 2.74. The van der Waals surface area contributed by atoms with Gasteiger partial charge in [0, 0.05) is 13.0 Å². The van der Waals surface area contributed by atoms with Gasteiger partial charge in [0.2, 0.25) is 0 Å². The summed E-state index contributed by atoms with van der Waals surface area (Å²) in [7, 11) is 0. The number of rotatable bonds is 8. The molecular formula is C12H24N4. The summed E-state index contributed by atoms with van der Waals surface area (Å²) < 4.78 is 2.12. The highest BCUT2D eigenvalue weighted by Gasteiger charge is 2.09. The van der Waals surface area contributed by atoms with Crippen molar-refractivity contribution >= 4 is 0 Å². The standard InChI is InChI=1S/C12H24N4/c1-3-5-11(8-9-13)6-7-12-15-14-10-16(12)4-2/h10-11H,3-9,13H2,1-2H3. The second kappa shape index (κ2) is 7.39. The Labute approximate surface area is 98.2 Å². The third-order valence-electron chi connectivity index (χ3n) is 3.08. The third kappa shape index (κ3) is 3.93. The summed E-state index contributed by atoms with van der Waals surface area (Å²) in [6.45, 7) is 6.11. The fourth-order valence-corrected chi connectivity index (χ4v) is 2.15. The van der Waals surface area contributed by atoms with E-state index in [1.165, 1.54) is 19.3 Å². The van der Waals surface area contributed by atoms with Crippen LogP contribution in [0.25, 0.3) is 0 Å². The molecule has 4 nitrogen and oxygen atoms in total. The second-order valence-corrected chi connectivity index (χ2v) is 4.30. The van der Waals surface area contributed by atoms with E-state index in [2.05, 4.69) is 28.6 Å². The average molecular weight is 224 g/mol. The van der Waals surface area contributed by atoms with Gasteiger partial charge >= 0.3 is 0 Å². The van der Waals surface area contributed by atoms with Gasteiger partial charge in [-0.25, -0.2) is 0 Å². The first kappa shape index (κ1) is 13.2. The van der Waals surface area contributed by atoms with Crippen LogP contribution in [0.2, 0.25) is 0 Å². The summed E-state index contributed by atoms with van der Waals surface area (Å²) in [5.74, 6) is 1.86. The van der Waals surface area contributed by atoms with Gasteiger partial charge < -0.3 is 10.3 Å². The van der Waals surface area contributed by atoms with Crippen LogP contribution >= 0.6 is 0 Å². The van der Waals surface area contributed by atoms with Crippen molar-refractivity contribution < 1.29 is 0 Å². The van der Waals surface area contributed by atoms with Gasteiger partial charge in [-0.3, -0.25) is 0 Å². The third-order valence-corrected chi connectivity index (χ3v) is 3.08. The summed E-state index contributed by atoms with van der Waals surface area (Å²) in [5, 5.41) is 8.11. The number of aryl methyl sites for hydroxylation is 2. The quantitative estimate of drug-likeness (QED) is 0.734. The molecule has 0 aliphatic carbocycles. The van der Waals surface area contributed by atoms with Crippen molar-refractivity contribution in [2.75, 3.05) is 6.54 Å². The van der Waals surface area contributed by atoms with Gasteiger partial charge in [-0.1, -0.05) is 19.8 Å². The van der Waals surface area contributed by atoms with Gasteiger partial charge in [-0.2, -0.15) is 0 Å². The Morgan fingerprint density at radius 2 is 2.12 bits per heavy atom. The van der Waals surface area contributed by atoms with E-state index < -0.39 is 0 Å². The van der Waals surface area contributed by atoms with Crippen molar-refractivity contribution in [3.05, 3.63) is 12.2 Å². The number of nitrogens with two attached hydrogens (primary N) is 1. The van der Waals surface area contributed by atoms with Crippen LogP contribution in [-0.4, -0.2) is 21.3 Å². The molecule has 0 saturated carbocycles. The number of aromatic nitrogens is 3. The van der Waals surface area contributed by atoms with E-state index in [9.17, 15) is 0 Å². The Morgan fingerprint density at radius 3 is 2.75 bits per heavy atom. The maximum absolute atomic E-state index is 5.63. The minimum Gasteiger partial charge on any atom is -0.330 e. The van der Waals surface area contributed by atoms with Crippen LogP contribution in [0.3, 0.4) is 0 Å². The Balaban J connectivity index is 2.41. The first-order valence-corrected chi connectivity index (χ1v) is 6.38. The molecule has 1 atom stereocenters. The fourth-order valence-electron chi connectivity index (χ4n) is 2.15. The monoisotopic (exact) mass is 224 g/mol. The lowest BCUT2D eigenvalue weighted by Gasteiger charge is -2.14. The molecule has 92 valence electrons. The summed E-state index contributed by atoms with van der Waals surface area (Å²) in [5.41, 5.74) is 5.63. The van der Waals surface area contributed by atoms with Gasteiger partial charge in [0.15, 0.2) is 0 Å². The molecule has 0 aliphatic rings. The molecule has 0 spiro atoms. The van der Waals surface area contributed by atoms with Gasteiger partial charge in [0.1, 0.15) is 12.2 Å². The van der Waals surface area contributed by atoms with E-state index in [4.69, 9.17) is 5.73 Å². The van der Waals surface area contributed by atoms with Crippen molar-refractivity contribution in [2.24, 2.45) is 11.7 Å². The van der Waals surface area contributed by atoms with Crippen LogP contribution in [-0.2, 0) is 13.0 Å². The van der Waals surface area contributed by atoms with Gasteiger partial charge in [0.05, 0.1) is 0 Å². The lowest BCUT2D eigenvalue weighted by molar-refractivity contribution is 0.414. The molecule has 4 heteroatoms. The zero-order valence-electron chi connectivity index (χ0n) is 10.5. The maximum Gasteiger partial charge on any atom is 0.132 e. The molecule has 16 heavy (non-hydrogen) atoms. The lowest BCUT2D eigenvalue weighted by Crippen LogP contribution is -2.11. The number of hydrogen-bond acceptors (Lipinski definition) is 3. The molecule has 0 saturated heterocycles. The van der Waals surface area contributed by atoms with Crippen molar-refractivity contribution in [1.29, 1.82) is 0 Å². The normalized spacial score (nSPS) is 12.9. The van der Waals surface area contributed by atoms with Crippen LogP contribution in [0.1, 0.15) is 45.4 Å². The topological polar surface area (TPSA) is 56.7 Å². The predicted molar refractivity (Wildman–Crippen MR) is 66.1 cm³/mol. The zero-order chi connectivity index (χ0) is 11.8. The molecule has 0 bridgehead atoms. The van der Waals surface area contributed by atoms with Gasteiger partial charge in [-0.05, 0) is 32.2 Å². The summed E-state index contributed by atoms with van der Waals surface area (Å²) >= 11 is 0. The molecular weight excluding hydrogens is 200 g/mol. The van der Waals surface area contributed by atoms with E-state index in [0.717, 1.165) is 37.7 Å². The Morgan fingerprint density at radius 1 is 1.31 bits per heavy atom. The van der Waals surface area contributed by atoms with E-state index in [1.807, 2.05) is 6.33 Å². The Kier molecular flexibility index (Phi) is 6.08. The van der Waals surface area contributed by atoms with Crippen molar-refractivity contribution in [1.82, 2.24) is 14.8 Å². The zero-order valence-corrected chi connectivity index (χ0v) is 10.5. The lowest BCUT2D eigenvalue weighted by atomic mass is 9.94. The highest BCUT2D eigenvalue weighted by atomic mass is 15.3. The summed E-state index contributed by atoms with van der Waals surface area (Å²) in [6, 6.07) is 0. The summed E-state index contributed by atoms with van der Waals surface area (Å²) in [6.07, 6.45) is 7.67. The van der Waals surface area contributed by atoms with Crippen LogP contribution < -0.4 is 5.73 Å². The van der Waals surface area contributed by atoms with Gasteiger partial charge in [-0.15, -0.1) is 10.2 Å². The number of nitrogens with zero attached hydrogens (tertiary/aromatic N) is 3. The molecule has 0 amide bonds. The van der Waals surface area contributed by atoms with E-state index in [1.54, 1.807) is 0 Å². The van der Waals surface area contributed by atoms with Crippen LogP contribution in [0.15, 0.2) is 6.33 Å². The molecule has 2 N–H and O–H groups in total. The SMILES string of the molecule is CCCC(CCN)CCc1nncn1CC. The molecule has 0 aromatic carbocycles. The Bertz CT molecular complexity index is 276. The van der Waals surface area contributed by atoms with Crippen LogP contribution in [0.4, 0.5) is 0 Å². The van der Waals surface area contributed by atoms with Crippen LogP contribution in [0, 0.1) is 5.92 Å². The number of hydrogen-bond donors (Lipinski definition) is 1. The van der Waals surface area contributed by atoms with Crippen molar-refractivity contribution in [3.8, 4) is 0 Å². The van der Waals surface area contributed by atoms with Crippen molar-refractivity contribution in [2.45, 2.75) is 52.5 Å². The largest absolute Gasteiger partial charge is 0.330 e. The van der Waals surface area contributed by atoms with Crippen molar-refractivity contribution in [3.63, 3.8) is 0 Å². The molecule has 1 rings (SSSR count). The van der Waals surface area contributed by atoms with E-state index in [0.29, 0.717) is 0 Å². The smallest absolute Gasteiger partial charge is 0.132 e. The predicted octanol–water partition coefficient (Wildman–Crippen LogP) is 2.00. The highest BCUT2D eigenvalue weighted by Crippen LogP contribution is 2.17. The molecule has 1 aromatic heterocycles. The minimum atomic E-state index is 0.747. The fraction of sp³-hybridized carbons (Fsp3) is 0.833. The molecule has 0 aliphatic heterocycles. The maximum atomic E-state index is 5.63. The molecule has 1 aromatic rings. The van der Waals surface area contributed by atoms with Crippen LogP contribution in [0.5, 0.6) is 0 Å². The van der Waals surface area contributed by atoms with E-state index >= 15 is 0 Å². The minimum absolute atomic E-state index is 0.747. The van der Waals surface area contributed by atoms with Gasteiger partial charge in [0.25, 0.3) is 0 Å². The first-order valence-electron chi connectivity index (χ1n) is 6.38. The Hall–Kier alpha value is -0.900. The first-order chi connectivity index (χ1) is 7.81. The highest BCUT2D eigenvalue weighted by molar-refractivity contribution is 4.86. The molecule has 0 radical (unpaired) electrons. The molecule has 1 unspecified atom stereocenters. The second-order valence-electron chi connectivity index (χ2n) is 4.30.